The van der Waals surface area contributed by atoms with Crippen LogP contribution in [0.25, 0.3) is 0 Å². The zero-order valence-electron chi connectivity index (χ0n) is 9.09. The lowest BCUT2D eigenvalue weighted by Gasteiger charge is -1.97. The minimum absolute atomic E-state index is 0.171. The number of allylic oxidation sites excluding steroid dienone is 1. The van der Waals surface area contributed by atoms with Gasteiger partial charge in [0.2, 0.25) is 0 Å². The molecule has 0 spiro atoms. The van der Waals surface area contributed by atoms with Crippen LogP contribution in [-0.4, -0.2) is 5.17 Å². The van der Waals surface area contributed by atoms with Crippen molar-refractivity contribution >= 4 is 16.9 Å². The molecule has 82 valence electrons. The molecule has 0 saturated carbocycles. The second kappa shape index (κ2) is 10.6. The standard InChI is InChI=1S/C11H22N2S/c1-2-3-4-5-6-7-8-9-10-14-11(12)13/h9-10H,2-8H2,1H3,(H3,12,13)/b10-9-. The van der Waals surface area contributed by atoms with Gasteiger partial charge in [-0.15, -0.1) is 0 Å². The van der Waals surface area contributed by atoms with Crippen molar-refractivity contribution in [3.05, 3.63) is 11.5 Å². The van der Waals surface area contributed by atoms with Crippen molar-refractivity contribution in [3.8, 4) is 0 Å². The average Bonchev–Trinajstić information content (AvgIpc) is 2.15. The first kappa shape index (κ1) is 13.6. The fourth-order valence-electron chi connectivity index (χ4n) is 1.23. The molecule has 0 aromatic carbocycles. The van der Waals surface area contributed by atoms with Gasteiger partial charge in [-0.25, -0.2) is 0 Å². The molecule has 3 N–H and O–H groups in total. The Morgan fingerprint density at radius 1 is 1.21 bits per heavy atom. The quantitative estimate of drug-likeness (QED) is 0.366. The highest BCUT2D eigenvalue weighted by atomic mass is 32.2. The van der Waals surface area contributed by atoms with Crippen LogP contribution in [0, 0.1) is 5.41 Å². The van der Waals surface area contributed by atoms with Gasteiger partial charge < -0.3 is 5.73 Å². The molecule has 2 nitrogen and oxygen atoms in total. The van der Waals surface area contributed by atoms with E-state index in [9.17, 15) is 0 Å². The van der Waals surface area contributed by atoms with E-state index in [0.717, 1.165) is 6.42 Å². The van der Waals surface area contributed by atoms with Crippen molar-refractivity contribution in [2.45, 2.75) is 51.9 Å². The topological polar surface area (TPSA) is 49.9 Å². The van der Waals surface area contributed by atoms with Crippen molar-refractivity contribution in [2.24, 2.45) is 5.73 Å². The van der Waals surface area contributed by atoms with E-state index in [4.69, 9.17) is 11.1 Å². The lowest BCUT2D eigenvalue weighted by molar-refractivity contribution is 0.611. The summed E-state index contributed by atoms with van der Waals surface area (Å²) in [5.41, 5.74) is 5.18. The Hall–Kier alpha value is -0.440. The van der Waals surface area contributed by atoms with Gasteiger partial charge in [0.1, 0.15) is 0 Å². The smallest absolute Gasteiger partial charge is 0.155 e. The first-order valence-corrected chi connectivity index (χ1v) is 6.31. The number of nitrogens with one attached hydrogen (secondary N) is 1. The monoisotopic (exact) mass is 214 g/mol. The van der Waals surface area contributed by atoms with Crippen molar-refractivity contribution < 1.29 is 0 Å². The van der Waals surface area contributed by atoms with Crippen LogP contribution in [0.5, 0.6) is 0 Å². The van der Waals surface area contributed by atoms with Gasteiger partial charge in [-0.3, -0.25) is 5.41 Å². The lowest BCUT2D eigenvalue weighted by atomic mass is 10.1. The van der Waals surface area contributed by atoms with Gasteiger partial charge in [0.05, 0.1) is 0 Å². The summed E-state index contributed by atoms with van der Waals surface area (Å²) in [6, 6.07) is 0. The summed E-state index contributed by atoms with van der Waals surface area (Å²) in [6.45, 7) is 2.24. The van der Waals surface area contributed by atoms with Crippen LogP contribution in [0.3, 0.4) is 0 Å². The summed E-state index contributed by atoms with van der Waals surface area (Å²) < 4.78 is 0. The van der Waals surface area contributed by atoms with Gasteiger partial charge in [-0.05, 0) is 18.2 Å². The van der Waals surface area contributed by atoms with E-state index in [1.54, 1.807) is 0 Å². The van der Waals surface area contributed by atoms with Gasteiger partial charge in [0, 0.05) is 0 Å². The molecule has 0 amide bonds. The van der Waals surface area contributed by atoms with Crippen LogP contribution in [0.1, 0.15) is 51.9 Å². The molecule has 0 fully saturated rings. The van der Waals surface area contributed by atoms with Crippen molar-refractivity contribution in [3.63, 3.8) is 0 Å². The summed E-state index contributed by atoms with van der Waals surface area (Å²) in [6.07, 6.45) is 11.2. The van der Waals surface area contributed by atoms with Gasteiger partial charge >= 0.3 is 0 Å². The largest absolute Gasteiger partial charge is 0.378 e. The minimum Gasteiger partial charge on any atom is -0.378 e. The molecule has 0 rings (SSSR count). The zero-order valence-corrected chi connectivity index (χ0v) is 9.91. The Balaban J connectivity index is 3.05. The lowest BCUT2D eigenvalue weighted by Crippen LogP contribution is -2.01. The highest BCUT2D eigenvalue weighted by molar-refractivity contribution is 8.16. The third-order valence-electron chi connectivity index (χ3n) is 2.02. The third kappa shape index (κ3) is 11.6. The molecular weight excluding hydrogens is 192 g/mol. The maximum absolute atomic E-state index is 6.98. The molecule has 0 aromatic rings. The Kier molecular flexibility index (Phi) is 10.3. The molecule has 0 aliphatic rings. The van der Waals surface area contributed by atoms with E-state index in [1.165, 1.54) is 50.3 Å². The Morgan fingerprint density at radius 3 is 2.50 bits per heavy atom. The molecule has 0 aliphatic carbocycles. The molecule has 3 heteroatoms. The number of hydrogen-bond acceptors (Lipinski definition) is 2. The molecule has 0 unspecified atom stereocenters. The summed E-state index contributed by atoms with van der Waals surface area (Å²) in [4.78, 5) is 0. The van der Waals surface area contributed by atoms with Crippen molar-refractivity contribution in [1.29, 1.82) is 5.41 Å². The van der Waals surface area contributed by atoms with Crippen LogP contribution in [0.4, 0.5) is 0 Å². The van der Waals surface area contributed by atoms with Gasteiger partial charge in [-0.1, -0.05) is 56.9 Å². The third-order valence-corrected chi connectivity index (χ3v) is 2.60. The van der Waals surface area contributed by atoms with E-state index in [0.29, 0.717) is 0 Å². The van der Waals surface area contributed by atoms with Crippen LogP contribution in [0.15, 0.2) is 11.5 Å². The van der Waals surface area contributed by atoms with E-state index in [-0.39, 0.29) is 5.17 Å². The Morgan fingerprint density at radius 2 is 1.86 bits per heavy atom. The maximum Gasteiger partial charge on any atom is 0.155 e. The predicted octanol–water partition coefficient (Wildman–Crippen LogP) is 3.88. The number of rotatable bonds is 8. The maximum atomic E-state index is 6.98. The molecule has 0 aromatic heterocycles. The fraction of sp³-hybridized carbons (Fsp3) is 0.727. The molecule has 0 radical (unpaired) electrons. The first-order valence-electron chi connectivity index (χ1n) is 5.43. The normalized spacial score (nSPS) is 10.9. The van der Waals surface area contributed by atoms with Crippen LogP contribution in [-0.2, 0) is 0 Å². The highest BCUT2D eigenvalue weighted by Gasteiger charge is 1.88. The van der Waals surface area contributed by atoms with Crippen molar-refractivity contribution in [1.82, 2.24) is 0 Å². The van der Waals surface area contributed by atoms with E-state index in [2.05, 4.69) is 13.0 Å². The van der Waals surface area contributed by atoms with Crippen LogP contribution >= 0.6 is 11.8 Å². The number of unbranched alkanes of at least 4 members (excludes halogenated alkanes) is 6. The van der Waals surface area contributed by atoms with E-state index < -0.39 is 0 Å². The Bertz CT molecular complexity index is 167. The number of nitrogens with two attached hydrogens (primary N) is 1. The van der Waals surface area contributed by atoms with E-state index >= 15 is 0 Å². The second-order valence-electron chi connectivity index (χ2n) is 3.41. The van der Waals surface area contributed by atoms with Crippen LogP contribution in [0.2, 0.25) is 0 Å². The predicted molar refractivity (Wildman–Crippen MR) is 66.6 cm³/mol. The molecular formula is C11H22N2S. The number of hydrogen-bond donors (Lipinski definition) is 2. The molecule has 0 bridgehead atoms. The van der Waals surface area contributed by atoms with Crippen LogP contribution < -0.4 is 5.73 Å². The molecule has 0 heterocycles. The summed E-state index contributed by atoms with van der Waals surface area (Å²) >= 11 is 1.28. The Labute approximate surface area is 91.8 Å². The average molecular weight is 214 g/mol. The second-order valence-corrected chi connectivity index (χ2v) is 4.36. The SMILES string of the molecule is CCCCCCCC/C=C\SC(=N)N. The molecule has 0 atom stereocenters. The zero-order chi connectivity index (χ0) is 10.6. The molecule has 0 saturated heterocycles. The number of thioether (sulfide) groups is 1. The molecule has 14 heavy (non-hydrogen) atoms. The molecule has 0 aliphatic heterocycles. The van der Waals surface area contributed by atoms with Gasteiger partial charge in [0.25, 0.3) is 0 Å². The van der Waals surface area contributed by atoms with Crippen molar-refractivity contribution in [2.75, 3.05) is 0 Å². The van der Waals surface area contributed by atoms with E-state index in [1.807, 2.05) is 5.41 Å². The summed E-state index contributed by atoms with van der Waals surface area (Å²) in [7, 11) is 0. The summed E-state index contributed by atoms with van der Waals surface area (Å²) in [5, 5.41) is 9.06. The first-order chi connectivity index (χ1) is 6.77. The highest BCUT2D eigenvalue weighted by Crippen LogP contribution is 2.08. The summed E-state index contributed by atoms with van der Waals surface area (Å²) in [5.74, 6) is 0. The van der Waals surface area contributed by atoms with Gasteiger partial charge in [0.15, 0.2) is 5.17 Å². The number of amidine groups is 1. The fourth-order valence-corrected chi connectivity index (χ4v) is 1.61. The van der Waals surface area contributed by atoms with Gasteiger partial charge in [-0.2, -0.15) is 0 Å². The minimum atomic E-state index is 0.171.